The summed E-state index contributed by atoms with van der Waals surface area (Å²) >= 11 is 0. The van der Waals surface area contributed by atoms with E-state index in [4.69, 9.17) is 5.73 Å². The number of rotatable bonds is 3. The highest BCUT2D eigenvalue weighted by Gasteiger charge is 2.21. The zero-order valence-corrected chi connectivity index (χ0v) is 9.79. The fourth-order valence-electron chi connectivity index (χ4n) is 2.43. The van der Waals surface area contributed by atoms with Crippen LogP contribution >= 0.6 is 0 Å². The second-order valence-corrected chi connectivity index (χ2v) is 4.57. The summed E-state index contributed by atoms with van der Waals surface area (Å²) in [5, 5.41) is 0. The predicted octanol–water partition coefficient (Wildman–Crippen LogP) is 2.71. The van der Waals surface area contributed by atoms with E-state index in [1.807, 2.05) is 0 Å². The lowest BCUT2D eigenvalue weighted by atomic mass is 10.1. The topological polar surface area (TPSA) is 43.8 Å². The van der Waals surface area contributed by atoms with E-state index in [-0.39, 0.29) is 0 Å². The molecule has 0 radical (unpaired) electrons. The zero-order chi connectivity index (χ0) is 10.8. The van der Waals surface area contributed by atoms with Gasteiger partial charge in [-0.3, -0.25) is 0 Å². The van der Waals surface area contributed by atoms with Gasteiger partial charge in [0.15, 0.2) is 0 Å². The first kappa shape index (κ1) is 10.5. The molecule has 1 atom stereocenters. The number of nitrogens with two attached hydrogens (primary N) is 1. The van der Waals surface area contributed by atoms with Crippen molar-refractivity contribution in [1.82, 2.24) is 9.55 Å². The molecule has 0 aromatic carbocycles. The number of fused-ring (bicyclic) bond motifs is 1. The van der Waals surface area contributed by atoms with Gasteiger partial charge in [0.05, 0.1) is 5.69 Å². The van der Waals surface area contributed by atoms with Gasteiger partial charge >= 0.3 is 0 Å². The average molecular weight is 207 g/mol. The predicted molar refractivity (Wildman–Crippen MR) is 62.9 cm³/mol. The van der Waals surface area contributed by atoms with Gasteiger partial charge in [0, 0.05) is 12.5 Å². The summed E-state index contributed by atoms with van der Waals surface area (Å²) in [6, 6.07) is 0.539. The maximum atomic E-state index is 6.16. The van der Waals surface area contributed by atoms with Crippen molar-refractivity contribution in [1.29, 1.82) is 0 Å². The molecular formula is C12H21N3. The number of hydrogen-bond acceptors (Lipinski definition) is 2. The largest absolute Gasteiger partial charge is 0.384 e. The monoisotopic (exact) mass is 207 g/mol. The number of aryl methyl sites for hydroxylation is 2. The summed E-state index contributed by atoms with van der Waals surface area (Å²) in [6.07, 6.45) is 7.02. The number of nitrogens with zero attached hydrogens (tertiary/aromatic N) is 2. The van der Waals surface area contributed by atoms with E-state index in [0.717, 1.165) is 24.4 Å². The van der Waals surface area contributed by atoms with E-state index in [2.05, 4.69) is 23.4 Å². The van der Waals surface area contributed by atoms with Crippen LogP contribution in [0.5, 0.6) is 0 Å². The molecule has 0 aliphatic carbocycles. The van der Waals surface area contributed by atoms with E-state index >= 15 is 0 Å². The minimum absolute atomic E-state index is 0.539. The number of hydrogen-bond donors (Lipinski definition) is 1. The third kappa shape index (κ3) is 1.87. The molecule has 0 spiro atoms. The molecule has 1 aromatic rings. The molecule has 1 aliphatic heterocycles. The van der Waals surface area contributed by atoms with Gasteiger partial charge in [0.25, 0.3) is 0 Å². The van der Waals surface area contributed by atoms with Crippen LogP contribution in [0.15, 0.2) is 0 Å². The Labute approximate surface area is 91.7 Å². The van der Waals surface area contributed by atoms with Crippen LogP contribution in [-0.2, 0) is 12.8 Å². The van der Waals surface area contributed by atoms with Gasteiger partial charge in [0.1, 0.15) is 11.6 Å². The minimum atomic E-state index is 0.539. The lowest BCUT2D eigenvalue weighted by Gasteiger charge is -2.22. The highest BCUT2D eigenvalue weighted by Crippen LogP contribution is 2.29. The maximum absolute atomic E-state index is 6.16. The molecule has 2 rings (SSSR count). The van der Waals surface area contributed by atoms with Gasteiger partial charge in [-0.05, 0) is 32.6 Å². The minimum Gasteiger partial charge on any atom is -0.384 e. The van der Waals surface area contributed by atoms with Crippen molar-refractivity contribution >= 4 is 5.82 Å². The molecule has 0 saturated heterocycles. The number of imidazole rings is 1. The molecule has 2 N–H and O–H groups in total. The highest BCUT2D eigenvalue weighted by atomic mass is 15.2. The molecular weight excluding hydrogens is 186 g/mol. The molecule has 0 bridgehead atoms. The second kappa shape index (κ2) is 4.25. The van der Waals surface area contributed by atoms with Gasteiger partial charge < -0.3 is 10.3 Å². The Kier molecular flexibility index (Phi) is 2.98. The normalized spacial score (nSPS) is 20.3. The Morgan fingerprint density at radius 3 is 3.00 bits per heavy atom. The molecule has 2 heterocycles. The Bertz CT molecular complexity index is 341. The zero-order valence-electron chi connectivity index (χ0n) is 9.79. The summed E-state index contributed by atoms with van der Waals surface area (Å²) in [5.41, 5.74) is 7.28. The molecule has 15 heavy (non-hydrogen) atoms. The van der Waals surface area contributed by atoms with Gasteiger partial charge in [-0.25, -0.2) is 4.98 Å². The van der Waals surface area contributed by atoms with Crippen molar-refractivity contribution in [2.75, 3.05) is 5.73 Å². The SMILES string of the molecule is CCCCc1nc2n(c1N)C(C)CCC2. The van der Waals surface area contributed by atoms with Crippen LogP contribution in [0.3, 0.4) is 0 Å². The van der Waals surface area contributed by atoms with Crippen LogP contribution in [0.4, 0.5) is 5.82 Å². The van der Waals surface area contributed by atoms with Crippen molar-refractivity contribution in [3.8, 4) is 0 Å². The maximum Gasteiger partial charge on any atom is 0.127 e. The number of unbranched alkanes of at least 4 members (excludes halogenated alkanes) is 1. The van der Waals surface area contributed by atoms with E-state index in [9.17, 15) is 0 Å². The molecule has 0 amide bonds. The Balaban J connectivity index is 2.27. The van der Waals surface area contributed by atoms with Crippen molar-refractivity contribution < 1.29 is 0 Å². The van der Waals surface area contributed by atoms with Crippen molar-refractivity contribution in [2.45, 2.75) is 58.4 Å². The molecule has 1 aliphatic rings. The number of anilines is 1. The fourth-order valence-corrected chi connectivity index (χ4v) is 2.43. The summed E-state index contributed by atoms with van der Waals surface area (Å²) in [5.74, 6) is 2.13. The summed E-state index contributed by atoms with van der Waals surface area (Å²) in [4.78, 5) is 4.68. The van der Waals surface area contributed by atoms with E-state index < -0.39 is 0 Å². The quantitative estimate of drug-likeness (QED) is 0.828. The van der Waals surface area contributed by atoms with Crippen molar-refractivity contribution in [3.05, 3.63) is 11.5 Å². The molecule has 1 unspecified atom stereocenters. The van der Waals surface area contributed by atoms with E-state index in [1.54, 1.807) is 0 Å². The van der Waals surface area contributed by atoms with Crippen LogP contribution < -0.4 is 5.73 Å². The van der Waals surface area contributed by atoms with Gasteiger partial charge in [0.2, 0.25) is 0 Å². The molecule has 0 saturated carbocycles. The molecule has 3 nitrogen and oxygen atoms in total. The van der Waals surface area contributed by atoms with Crippen LogP contribution in [0, 0.1) is 0 Å². The van der Waals surface area contributed by atoms with Gasteiger partial charge in [-0.2, -0.15) is 0 Å². The molecule has 0 fully saturated rings. The summed E-state index contributed by atoms with van der Waals surface area (Å²) in [6.45, 7) is 4.44. The summed E-state index contributed by atoms with van der Waals surface area (Å²) in [7, 11) is 0. The third-order valence-electron chi connectivity index (χ3n) is 3.33. The van der Waals surface area contributed by atoms with Crippen LogP contribution in [0.2, 0.25) is 0 Å². The number of aromatic nitrogens is 2. The second-order valence-electron chi connectivity index (χ2n) is 4.57. The first-order valence-electron chi connectivity index (χ1n) is 6.09. The summed E-state index contributed by atoms with van der Waals surface area (Å²) < 4.78 is 2.24. The van der Waals surface area contributed by atoms with E-state index in [0.29, 0.717) is 6.04 Å². The number of nitrogen functional groups attached to an aromatic ring is 1. The van der Waals surface area contributed by atoms with Crippen LogP contribution in [0.25, 0.3) is 0 Å². The van der Waals surface area contributed by atoms with Crippen molar-refractivity contribution in [2.24, 2.45) is 0 Å². The molecule has 3 heteroatoms. The molecule has 1 aromatic heterocycles. The Morgan fingerprint density at radius 1 is 1.53 bits per heavy atom. The first-order valence-corrected chi connectivity index (χ1v) is 6.09. The Hall–Kier alpha value is -0.990. The lowest BCUT2D eigenvalue weighted by Crippen LogP contribution is -2.17. The average Bonchev–Trinajstić information content (AvgIpc) is 2.54. The molecule has 84 valence electrons. The smallest absolute Gasteiger partial charge is 0.127 e. The van der Waals surface area contributed by atoms with Crippen molar-refractivity contribution in [3.63, 3.8) is 0 Å². The standard InChI is InChI=1S/C12H21N3/c1-3-4-7-10-12(13)15-9(2)6-5-8-11(15)14-10/h9H,3-8,13H2,1-2H3. The third-order valence-corrected chi connectivity index (χ3v) is 3.33. The van der Waals surface area contributed by atoms with Crippen LogP contribution in [-0.4, -0.2) is 9.55 Å². The van der Waals surface area contributed by atoms with Gasteiger partial charge in [-0.15, -0.1) is 0 Å². The lowest BCUT2D eigenvalue weighted by molar-refractivity contribution is 0.430. The van der Waals surface area contributed by atoms with Gasteiger partial charge in [-0.1, -0.05) is 13.3 Å². The van der Waals surface area contributed by atoms with E-state index in [1.165, 1.54) is 31.5 Å². The highest BCUT2D eigenvalue weighted by molar-refractivity contribution is 5.39. The first-order chi connectivity index (χ1) is 7.24. The fraction of sp³-hybridized carbons (Fsp3) is 0.750. The Morgan fingerprint density at radius 2 is 2.33 bits per heavy atom. The van der Waals surface area contributed by atoms with Crippen LogP contribution in [0.1, 0.15) is 57.1 Å².